The Labute approximate surface area is 210 Å². The van der Waals surface area contributed by atoms with Gasteiger partial charge in [0.1, 0.15) is 0 Å². The molecule has 2 aromatic rings. The van der Waals surface area contributed by atoms with Crippen molar-refractivity contribution in [1.82, 2.24) is 15.3 Å². The lowest BCUT2D eigenvalue weighted by atomic mass is 9.95. The fourth-order valence-electron chi connectivity index (χ4n) is 3.54. The van der Waals surface area contributed by atoms with E-state index in [0.29, 0.717) is 11.6 Å². The number of aromatic nitrogens is 2. The first kappa shape index (κ1) is 30.0. The summed E-state index contributed by atoms with van der Waals surface area (Å²) < 4.78 is 5.59. The maximum absolute atomic E-state index is 11.1. The number of nitrogens with two attached hydrogens (primary N) is 2. The Hall–Kier alpha value is -3.07. The molecule has 35 heavy (non-hydrogen) atoms. The zero-order valence-electron chi connectivity index (χ0n) is 22.1. The molecular weight excluding hydrogens is 442 g/mol. The van der Waals surface area contributed by atoms with Gasteiger partial charge in [-0.1, -0.05) is 59.4 Å². The summed E-state index contributed by atoms with van der Waals surface area (Å²) in [6.45, 7) is 12.0. The second-order valence-corrected chi connectivity index (χ2v) is 8.31. The van der Waals surface area contributed by atoms with Crippen molar-refractivity contribution in [2.75, 3.05) is 18.4 Å². The van der Waals surface area contributed by atoms with E-state index in [1.807, 2.05) is 39.0 Å². The number of nitrogens with zero attached hydrogens (tertiary/aromatic N) is 2. The van der Waals surface area contributed by atoms with Crippen molar-refractivity contribution < 1.29 is 4.74 Å². The molecule has 0 spiro atoms. The fourth-order valence-corrected chi connectivity index (χ4v) is 3.54. The maximum Gasteiger partial charge on any atom is 0.346 e. The molecule has 1 fully saturated rings. The van der Waals surface area contributed by atoms with Crippen molar-refractivity contribution in [3.05, 3.63) is 40.4 Å². The predicted molar refractivity (Wildman–Crippen MR) is 147 cm³/mol. The maximum atomic E-state index is 11.1. The van der Waals surface area contributed by atoms with Crippen LogP contribution in [0.3, 0.4) is 0 Å². The number of aliphatic imine (C=N–C) groups is 1. The lowest BCUT2D eigenvalue weighted by Gasteiger charge is -2.22. The summed E-state index contributed by atoms with van der Waals surface area (Å²) in [5.74, 6) is 1.99. The Morgan fingerprint density at radius 1 is 1.17 bits per heavy atom. The quantitative estimate of drug-likeness (QED) is 0.195. The van der Waals surface area contributed by atoms with Crippen LogP contribution in [0.2, 0.25) is 0 Å². The molecule has 0 bridgehead atoms. The van der Waals surface area contributed by atoms with Crippen molar-refractivity contribution in [3.8, 4) is 11.5 Å². The number of hydrogen-bond donors (Lipinski definition) is 5. The minimum Gasteiger partial charge on any atom is -0.450 e. The van der Waals surface area contributed by atoms with E-state index in [1.54, 1.807) is 0 Å². The number of guanidine groups is 1. The molecule has 0 amide bonds. The molecule has 1 aliphatic heterocycles. The van der Waals surface area contributed by atoms with E-state index in [1.165, 1.54) is 44.7 Å². The van der Waals surface area contributed by atoms with Crippen LogP contribution in [-0.2, 0) is 0 Å². The van der Waals surface area contributed by atoms with Gasteiger partial charge in [-0.3, -0.25) is 9.98 Å². The Bertz CT molecular complexity index is 934. The molecule has 196 valence electrons. The number of hydrogen-bond acceptors (Lipinski definition) is 6. The minimum atomic E-state index is -0.397. The third-order valence-corrected chi connectivity index (χ3v) is 5.06. The first-order chi connectivity index (χ1) is 16.9. The number of aromatic amines is 1. The summed E-state index contributed by atoms with van der Waals surface area (Å²) in [7, 11) is 0. The summed E-state index contributed by atoms with van der Waals surface area (Å²) in [5.41, 5.74) is 12.0. The second kappa shape index (κ2) is 17.4. The molecular formula is C26H45N7O2. The first-order valence-corrected chi connectivity index (χ1v) is 12.9. The monoisotopic (exact) mass is 487 g/mol. The van der Waals surface area contributed by atoms with Gasteiger partial charge in [0.25, 0.3) is 0 Å². The molecule has 9 nitrogen and oxygen atoms in total. The Kier molecular flexibility index (Phi) is 14.9. The Morgan fingerprint density at radius 2 is 1.86 bits per heavy atom. The number of H-pyrrole nitrogens is 1. The number of ether oxygens (including phenoxy) is 1. The van der Waals surface area contributed by atoms with Gasteiger partial charge in [0.15, 0.2) is 23.3 Å². The number of rotatable bonds is 5. The van der Waals surface area contributed by atoms with Gasteiger partial charge >= 0.3 is 5.69 Å². The van der Waals surface area contributed by atoms with E-state index in [2.05, 4.69) is 39.4 Å². The van der Waals surface area contributed by atoms with Crippen molar-refractivity contribution in [2.24, 2.45) is 16.5 Å². The molecule has 0 radical (unpaired) electrons. The van der Waals surface area contributed by atoms with Gasteiger partial charge in [-0.05, 0) is 50.4 Å². The Morgan fingerprint density at radius 3 is 2.51 bits per heavy atom. The second-order valence-electron chi connectivity index (χ2n) is 8.31. The highest BCUT2D eigenvalue weighted by molar-refractivity contribution is 5.75. The number of nitrogens with one attached hydrogen (secondary N) is 3. The van der Waals surface area contributed by atoms with E-state index in [0.717, 1.165) is 42.6 Å². The van der Waals surface area contributed by atoms with E-state index in [-0.39, 0.29) is 5.96 Å². The molecule has 0 unspecified atom stereocenters. The van der Waals surface area contributed by atoms with Crippen molar-refractivity contribution in [2.45, 2.75) is 85.6 Å². The molecule has 1 saturated carbocycles. The summed E-state index contributed by atoms with van der Waals surface area (Å²) in [6, 6.07) is 6.54. The van der Waals surface area contributed by atoms with Crippen LogP contribution in [0.1, 0.15) is 78.2 Å². The molecule has 0 atom stereocenters. The smallest absolute Gasteiger partial charge is 0.346 e. The summed E-state index contributed by atoms with van der Waals surface area (Å²) in [5, 5.41) is 6.65. The van der Waals surface area contributed by atoms with Gasteiger partial charge < -0.3 is 26.8 Å². The molecule has 1 aromatic heterocycles. The molecule has 1 aliphatic carbocycles. The highest BCUT2D eigenvalue weighted by Gasteiger charge is 2.17. The van der Waals surface area contributed by atoms with Crippen LogP contribution in [0.5, 0.6) is 11.5 Å². The van der Waals surface area contributed by atoms with Crippen molar-refractivity contribution in [3.63, 3.8) is 0 Å². The average Bonchev–Trinajstić information content (AvgIpc) is 2.85. The van der Waals surface area contributed by atoms with Gasteiger partial charge in [0.05, 0.1) is 11.9 Å². The number of benzene rings is 1. The van der Waals surface area contributed by atoms with Crippen molar-refractivity contribution >= 4 is 17.5 Å². The van der Waals surface area contributed by atoms with Gasteiger partial charge in [-0.2, -0.15) is 4.98 Å². The van der Waals surface area contributed by atoms with Gasteiger partial charge in [0.2, 0.25) is 0 Å². The van der Waals surface area contributed by atoms with Crippen LogP contribution in [0.15, 0.2) is 34.2 Å². The number of anilines is 2. The van der Waals surface area contributed by atoms with Crippen molar-refractivity contribution in [1.29, 1.82) is 0 Å². The summed E-state index contributed by atoms with van der Waals surface area (Å²) >= 11 is 0. The molecule has 9 heteroatoms. The van der Waals surface area contributed by atoms with E-state index in [4.69, 9.17) is 16.2 Å². The molecule has 2 heterocycles. The molecule has 0 saturated heterocycles. The topological polar surface area (TPSA) is 143 Å². The predicted octanol–water partition coefficient (Wildman–Crippen LogP) is 4.94. The standard InChI is InChI=1S/C11H9N3O2.C10H22N4.C3H8.C2H6/c1-6-2-3-8-7(4-6)13-10-9(16-8)5-12-11(15)14-10;11-10(12)14-8-4-7-13-9-5-2-1-3-6-9;1-3-2;1-2/h2-5H,1H3,(H2,12,13,14,15);9,13H,1-8H2,(H4,11,12,14);3H2,1-2H3;1-2H3. The van der Waals surface area contributed by atoms with Gasteiger partial charge in [-0.15, -0.1) is 0 Å². The van der Waals surface area contributed by atoms with E-state index >= 15 is 0 Å². The van der Waals surface area contributed by atoms with Crippen LogP contribution in [0.4, 0.5) is 11.5 Å². The summed E-state index contributed by atoms with van der Waals surface area (Å²) in [6.07, 6.45) is 10.5. The van der Waals surface area contributed by atoms with Crippen LogP contribution >= 0.6 is 0 Å². The SMILES string of the molecule is CC.CCC.Cc1ccc2c(c1)Nc1[nH]c(=O)ncc1O2.NC(N)=NCCCNC1CCCCC1. The third-order valence-electron chi connectivity index (χ3n) is 5.06. The zero-order chi connectivity index (χ0) is 26.1. The Balaban J connectivity index is 0.000000299. The molecule has 7 N–H and O–H groups in total. The normalized spacial score (nSPS) is 13.4. The van der Waals surface area contributed by atoms with E-state index < -0.39 is 5.69 Å². The van der Waals surface area contributed by atoms with Crippen LogP contribution in [0, 0.1) is 6.92 Å². The first-order valence-electron chi connectivity index (χ1n) is 12.9. The summed E-state index contributed by atoms with van der Waals surface area (Å²) in [4.78, 5) is 21.2. The number of aryl methyl sites for hydroxylation is 1. The van der Waals surface area contributed by atoms with Crippen LogP contribution in [0.25, 0.3) is 0 Å². The van der Waals surface area contributed by atoms with Gasteiger partial charge in [-0.25, -0.2) is 4.79 Å². The highest BCUT2D eigenvalue weighted by Crippen LogP contribution is 2.39. The van der Waals surface area contributed by atoms with E-state index in [9.17, 15) is 4.79 Å². The average molecular weight is 488 g/mol. The largest absolute Gasteiger partial charge is 0.450 e. The lowest BCUT2D eigenvalue weighted by Crippen LogP contribution is -2.32. The molecule has 1 aromatic carbocycles. The number of fused-ring (bicyclic) bond motifs is 2. The fraction of sp³-hybridized carbons (Fsp3) is 0.577. The lowest BCUT2D eigenvalue weighted by molar-refractivity contribution is 0.373. The van der Waals surface area contributed by atoms with Crippen LogP contribution in [-0.4, -0.2) is 35.1 Å². The van der Waals surface area contributed by atoms with Gasteiger partial charge in [0, 0.05) is 12.6 Å². The molecule has 4 rings (SSSR count). The molecule has 2 aliphatic rings. The third kappa shape index (κ3) is 11.8. The minimum absolute atomic E-state index is 0.197. The van der Waals surface area contributed by atoms with Crippen LogP contribution < -0.4 is 32.5 Å². The highest BCUT2D eigenvalue weighted by atomic mass is 16.5. The zero-order valence-corrected chi connectivity index (χ0v) is 22.1.